The van der Waals surface area contributed by atoms with Gasteiger partial charge in [0.15, 0.2) is 5.96 Å². The van der Waals surface area contributed by atoms with E-state index < -0.39 is 5.54 Å². The highest BCUT2D eigenvalue weighted by atomic mass is 35.5. The summed E-state index contributed by atoms with van der Waals surface area (Å²) in [5.41, 5.74) is 8.07. The summed E-state index contributed by atoms with van der Waals surface area (Å²) in [7, 11) is 0. The van der Waals surface area contributed by atoms with E-state index in [-0.39, 0.29) is 48.7 Å². The molecule has 2 aromatic rings. The number of guanidine groups is 1. The molecule has 0 aromatic heterocycles. The van der Waals surface area contributed by atoms with Gasteiger partial charge in [-0.1, -0.05) is 56.3 Å². The standard InChI is InChI=1S/C24H30N4O2.ClH/c1-16(2)24(4)14-21(29)28(23(25)27-24)15-18-9-8-12-20(13-18)22(30)26-17(3)19-10-6-5-7-11-19;/h5-13,16-17H,14-15H2,1-4H3,(H2,25,27)(H,26,30);1H/t17-,24+;/m1./s1. The second kappa shape index (κ2) is 9.96. The maximum absolute atomic E-state index is 12.7. The second-order valence-electron chi connectivity index (χ2n) is 8.44. The highest BCUT2D eigenvalue weighted by Crippen LogP contribution is 2.30. The van der Waals surface area contributed by atoms with Crippen molar-refractivity contribution in [2.45, 2.75) is 52.2 Å². The molecule has 0 saturated carbocycles. The fraction of sp³-hybridized carbons (Fsp3) is 0.375. The van der Waals surface area contributed by atoms with Crippen LogP contribution in [0.1, 0.15) is 61.6 Å². The van der Waals surface area contributed by atoms with E-state index in [2.05, 4.69) is 10.3 Å². The zero-order chi connectivity index (χ0) is 21.9. The first-order chi connectivity index (χ1) is 14.2. The van der Waals surface area contributed by atoms with Gasteiger partial charge in [-0.3, -0.25) is 14.5 Å². The molecule has 1 aliphatic heterocycles. The molecule has 31 heavy (non-hydrogen) atoms. The van der Waals surface area contributed by atoms with Crippen molar-refractivity contribution in [3.8, 4) is 0 Å². The largest absolute Gasteiger partial charge is 0.369 e. The molecule has 0 saturated heterocycles. The highest BCUT2D eigenvalue weighted by Gasteiger charge is 2.38. The van der Waals surface area contributed by atoms with Crippen LogP contribution >= 0.6 is 12.4 Å². The quantitative estimate of drug-likeness (QED) is 0.707. The molecule has 0 aliphatic carbocycles. The van der Waals surface area contributed by atoms with Gasteiger partial charge < -0.3 is 11.1 Å². The minimum atomic E-state index is -0.479. The number of rotatable bonds is 6. The Morgan fingerprint density at radius 2 is 1.84 bits per heavy atom. The number of halogens is 1. The third kappa shape index (κ3) is 5.64. The number of carbonyl (C=O) groups excluding carboxylic acids is 2. The van der Waals surface area contributed by atoms with Crippen molar-refractivity contribution in [1.82, 2.24) is 10.2 Å². The van der Waals surface area contributed by atoms with Gasteiger partial charge >= 0.3 is 0 Å². The Morgan fingerprint density at radius 3 is 2.45 bits per heavy atom. The number of hydrogen-bond acceptors (Lipinski definition) is 4. The maximum atomic E-state index is 12.7. The summed E-state index contributed by atoms with van der Waals surface area (Å²) in [6, 6.07) is 17.0. The van der Waals surface area contributed by atoms with E-state index >= 15 is 0 Å². The summed E-state index contributed by atoms with van der Waals surface area (Å²) >= 11 is 0. The number of nitrogens with zero attached hydrogens (tertiary/aromatic N) is 2. The van der Waals surface area contributed by atoms with Gasteiger partial charge in [0, 0.05) is 5.56 Å². The predicted molar refractivity (Wildman–Crippen MR) is 126 cm³/mol. The van der Waals surface area contributed by atoms with Crippen LogP contribution in [0.15, 0.2) is 59.6 Å². The molecule has 7 heteroatoms. The smallest absolute Gasteiger partial charge is 0.251 e. The zero-order valence-electron chi connectivity index (χ0n) is 18.5. The fourth-order valence-electron chi connectivity index (χ4n) is 3.49. The van der Waals surface area contributed by atoms with Crippen molar-refractivity contribution < 1.29 is 9.59 Å². The maximum Gasteiger partial charge on any atom is 0.251 e. The van der Waals surface area contributed by atoms with E-state index in [1.165, 1.54) is 4.90 Å². The van der Waals surface area contributed by atoms with E-state index in [1.54, 1.807) is 12.1 Å². The lowest BCUT2D eigenvalue weighted by atomic mass is 9.84. The van der Waals surface area contributed by atoms with Gasteiger partial charge in [-0.05, 0) is 43.0 Å². The molecule has 0 fully saturated rings. The second-order valence-corrected chi connectivity index (χ2v) is 8.44. The van der Waals surface area contributed by atoms with E-state index in [0.29, 0.717) is 12.0 Å². The lowest BCUT2D eigenvalue weighted by molar-refractivity contribution is -0.130. The summed E-state index contributed by atoms with van der Waals surface area (Å²) < 4.78 is 0. The van der Waals surface area contributed by atoms with Crippen LogP contribution in [-0.2, 0) is 11.3 Å². The van der Waals surface area contributed by atoms with Crippen molar-refractivity contribution in [1.29, 1.82) is 0 Å². The molecule has 166 valence electrons. The van der Waals surface area contributed by atoms with E-state index in [1.807, 2.05) is 70.2 Å². The van der Waals surface area contributed by atoms with Gasteiger partial charge in [-0.15, -0.1) is 12.4 Å². The Labute approximate surface area is 190 Å². The number of nitrogens with two attached hydrogens (primary N) is 1. The monoisotopic (exact) mass is 442 g/mol. The number of benzene rings is 2. The lowest BCUT2D eigenvalue weighted by Gasteiger charge is -2.37. The first-order valence-corrected chi connectivity index (χ1v) is 10.3. The van der Waals surface area contributed by atoms with Gasteiger partial charge in [0.05, 0.1) is 24.5 Å². The minimum Gasteiger partial charge on any atom is -0.369 e. The van der Waals surface area contributed by atoms with Crippen LogP contribution in [0.25, 0.3) is 0 Å². The molecule has 0 unspecified atom stereocenters. The predicted octanol–water partition coefficient (Wildman–Crippen LogP) is 4.06. The summed E-state index contributed by atoms with van der Waals surface area (Å²) in [6.45, 7) is 8.28. The zero-order valence-corrected chi connectivity index (χ0v) is 19.3. The Bertz CT molecular complexity index is 961. The number of carbonyl (C=O) groups is 2. The third-order valence-corrected chi connectivity index (χ3v) is 5.88. The Kier molecular flexibility index (Phi) is 7.85. The van der Waals surface area contributed by atoms with Crippen molar-refractivity contribution in [2.24, 2.45) is 16.6 Å². The van der Waals surface area contributed by atoms with Crippen molar-refractivity contribution in [2.75, 3.05) is 0 Å². The van der Waals surface area contributed by atoms with E-state index in [9.17, 15) is 9.59 Å². The van der Waals surface area contributed by atoms with Crippen LogP contribution in [-0.4, -0.2) is 28.2 Å². The molecule has 2 amide bonds. The molecule has 0 radical (unpaired) electrons. The van der Waals surface area contributed by atoms with Crippen LogP contribution in [0.3, 0.4) is 0 Å². The van der Waals surface area contributed by atoms with E-state index in [4.69, 9.17) is 5.73 Å². The van der Waals surface area contributed by atoms with Gasteiger partial charge in [0.25, 0.3) is 5.91 Å². The Hall–Kier alpha value is -2.86. The van der Waals surface area contributed by atoms with Gasteiger partial charge in [-0.25, -0.2) is 4.99 Å². The van der Waals surface area contributed by atoms with Crippen LogP contribution < -0.4 is 11.1 Å². The molecule has 2 atom stereocenters. The number of nitrogens with one attached hydrogen (secondary N) is 1. The number of amides is 2. The summed E-state index contributed by atoms with van der Waals surface area (Å²) in [5.74, 6) is 0.231. The average molecular weight is 443 g/mol. The van der Waals surface area contributed by atoms with Crippen LogP contribution in [0.5, 0.6) is 0 Å². The molecular weight excluding hydrogens is 412 g/mol. The molecule has 3 rings (SSSR count). The molecule has 1 heterocycles. The van der Waals surface area contributed by atoms with Crippen LogP contribution in [0, 0.1) is 5.92 Å². The summed E-state index contributed by atoms with van der Waals surface area (Å²) in [6.07, 6.45) is 0.320. The van der Waals surface area contributed by atoms with E-state index in [0.717, 1.165) is 11.1 Å². The highest BCUT2D eigenvalue weighted by molar-refractivity contribution is 5.99. The van der Waals surface area contributed by atoms with Crippen LogP contribution in [0.4, 0.5) is 0 Å². The first kappa shape index (κ1) is 24.4. The molecule has 0 bridgehead atoms. The fourth-order valence-corrected chi connectivity index (χ4v) is 3.49. The van der Waals surface area contributed by atoms with Crippen molar-refractivity contribution in [3.63, 3.8) is 0 Å². The summed E-state index contributed by atoms with van der Waals surface area (Å²) in [5, 5.41) is 3.02. The third-order valence-electron chi connectivity index (χ3n) is 5.88. The molecule has 6 nitrogen and oxygen atoms in total. The SMILES string of the molecule is CC(C)[C@]1(C)CC(=O)N(Cc2cccc(C(=O)N[C@H](C)c3ccccc3)c2)C(N)=N1.Cl. The van der Waals surface area contributed by atoms with Gasteiger partial charge in [-0.2, -0.15) is 0 Å². The van der Waals surface area contributed by atoms with Crippen molar-refractivity contribution in [3.05, 3.63) is 71.3 Å². The number of aliphatic imine (C=N–C) groups is 1. The Balaban J connectivity index is 0.00000341. The topological polar surface area (TPSA) is 87.8 Å². The minimum absolute atomic E-state index is 0. The molecular formula is C24H31ClN4O2. The molecule has 2 aromatic carbocycles. The van der Waals surface area contributed by atoms with Gasteiger partial charge in [0.2, 0.25) is 5.91 Å². The summed E-state index contributed by atoms with van der Waals surface area (Å²) in [4.78, 5) is 31.5. The molecule has 1 aliphatic rings. The number of hydrogen-bond donors (Lipinski definition) is 2. The first-order valence-electron chi connectivity index (χ1n) is 10.3. The van der Waals surface area contributed by atoms with Crippen LogP contribution in [0.2, 0.25) is 0 Å². The normalized spacial score (nSPS) is 19.5. The van der Waals surface area contributed by atoms with Crippen molar-refractivity contribution >= 4 is 30.2 Å². The Morgan fingerprint density at radius 1 is 1.16 bits per heavy atom. The average Bonchev–Trinajstić information content (AvgIpc) is 2.71. The molecule has 0 spiro atoms. The molecule has 3 N–H and O–H groups in total. The lowest BCUT2D eigenvalue weighted by Crippen LogP contribution is -2.51. The van der Waals surface area contributed by atoms with Gasteiger partial charge in [0.1, 0.15) is 0 Å².